The lowest BCUT2D eigenvalue weighted by atomic mass is 10.0. The number of methoxy groups -OCH3 is 1. The van der Waals surface area contributed by atoms with E-state index in [0.29, 0.717) is 5.56 Å². The van der Waals surface area contributed by atoms with Crippen LogP contribution >= 0.6 is 0 Å². The van der Waals surface area contributed by atoms with E-state index in [1.807, 2.05) is 38.2 Å². The third kappa shape index (κ3) is 5.85. The fourth-order valence-corrected chi connectivity index (χ4v) is 5.87. The number of urea groups is 1. The van der Waals surface area contributed by atoms with E-state index in [2.05, 4.69) is 27.7 Å². The molecule has 2 aromatic carbocycles. The van der Waals surface area contributed by atoms with Crippen molar-refractivity contribution in [2.45, 2.75) is 49.5 Å². The molecule has 0 bridgehead atoms. The third-order valence-corrected chi connectivity index (χ3v) is 8.07. The van der Waals surface area contributed by atoms with Gasteiger partial charge in [0.1, 0.15) is 0 Å². The Morgan fingerprint density at radius 3 is 2.58 bits per heavy atom. The van der Waals surface area contributed by atoms with Gasteiger partial charge < -0.3 is 15.4 Å². The Bertz CT molecular complexity index is 1350. The van der Waals surface area contributed by atoms with Crippen molar-refractivity contribution in [3.05, 3.63) is 82.5 Å². The smallest absolute Gasteiger partial charge is 0.340 e. The van der Waals surface area contributed by atoms with Crippen LogP contribution in [-0.2, 0) is 33.4 Å². The number of nitrogens with one attached hydrogen (secondary N) is 2. The minimum atomic E-state index is -3.75. The summed E-state index contributed by atoms with van der Waals surface area (Å²) in [5.74, 6) is -0.938. The molecule has 9 heteroatoms. The zero-order chi connectivity index (χ0) is 25.9. The highest BCUT2D eigenvalue weighted by Gasteiger charge is 2.23. The number of esters is 1. The summed E-state index contributed by atoms with van der Waals surface area (Å²) in [4.78, 5) is 27.2. The SMILES string of the molecule is COC(=O)c1cc(S(=O)(=O)Cc2ccc3c(c2)CN(C)C3)ccc1NC(=O)NC(C)C1=CCCC=C1. The lowest BCUT2D eigenvalue weighted by molar-refractivity contribution is 0.0601. The molecule has 4 rings (SSSR count). The fraction of sp³-hybridized carbons (Fsp3) is 0.333. The maximum absolute atomic E-state index is 13.2. The van der Waals surface area contributed by atoms with E-state index in [-0.39, 0.29) is 27.9 Å². The standard InChI is InChI=1S/C27H31N3O5S/c1-18(20-7-5-4-6-8-20)28-27(32)29-25-12-11-23(14-24(25)26(31)35-3)36(33,34)17-19-9-10-21-15-30(2)16-22(21)13-19/h5,7-14,18H,4,6,15-17H2,1-3H3,(H2,28,29,32). The molecule has 0 radical (unpaired) electrons. The maximum Gasteiger partial charge on any atom is 0.340 e. The van der Waals surface area contributed by atoms with Gasteiger partial charge in [-0.2, -0.15) is 0 Å². The van der Waals surface area contributed by atoms with Crippen molar-refractivity contribution in [3.63, 3.8) is 0 Å². The van der Waals surface area contributed by atoms with Crippen molar-refractivity contribution in [2.75, 3.05) is 19.5 Å². The normalized spacial score (nSPS) is 16.1. The van der Waals surface area contributed by atoms with Gasteiger partial charge in [0.05, 0.1) is 35.1 Å². The van der Waals surface area contributed by atoms with Crippen LogP contribution in [0.25, 0.3) is 0 Å². The van der Waals surface area contributed by atoms with Crippen LogP contribution in [-0.4, -0.2) is 45.5 Å². The highest BCUT2D eigenvalue weighted by Crippen LogP contribution is 2.27. The largest absolute Gasteiger partial charge is 0.465 e. The maximum atomic E-state index is 13.2. The number of hydrogen-bond acceptors (Lipinski definition) is 6. The molecular formula is C27H31N3O5S. The van der Waals surface area contributed by atoms with Crippen LogP contribution in [0.1, 0.15) is 46.8 Å². The highest BCUT2D eigenvalue weighted by molar-refractivity contribution is 7.90. The number of anilines is 1. The first kappa shape index (κ1) is 25.7. The lowest BCUT2D eigenvalue weighted by Gasteiger charge is -2.18. The molecule has 2 amide bonds. The topological polar surface area (TPSA) is 105 Å². The monoisotopic (exact) mass is 509 g/mol. The lowest BCUT2D eigenvalue weighted by Crippen LogP contribution is -2.37. The number of benzene rings is 2. The van der Waals surface area contributed by atoms with Crippen LogP contribution in [0.2, 0.25) is 0 Å². The van der Waals surface area contributed by atoms with Gasteiger partial charge in [-0.15, -0.1) is 0 Å². The second kappa shape index (κ2) is 10.7. The predicted molar refractivity (Wildman–Crippen MR) is 138 cm³/mol. The zero-order valence-corrected chi connectivity index (χ0v) is 21.5. The molecule has 0 fully saturated rings. The molecule has 1 atom stereocenters. The van der Waals surface area contributed by atoms with E-state index in [1.165, 1.54) is 30.9 Å². The third-order valence-electron chi connectivity index (χ3n) is 6.38. The highest BCUT2D eigenvalue weighted by atomic mass is 32.2. The molecule has 2 aliphatic rings. The van der Waals surface area contributed by atoms with E-state index >= 15 is 0 Å². The molecule has 36 heavy (non-hydrogen) atoms. The van der Waals surface area contributed by atoms with Gasteiger partial charge in [-0.25, -0.2) is 18.0 Å². The van der Waals surface area contributed by atoms with Crippen molar-refractivity contribution >= 4 is 27.5 Å². The molecule has 0 aromatic heterocycles. The number of carbonyl (C=O) groups excluding carboxylic acids is 2. The molecule has 1 unspecified atom stereocenters. The van der Waals surface area contributed by atoms with E-state index in [9.17, 15) is 18.0 Å². The summed E-state index contributed by atoms with van der Waals surface area (Å²) in [5, 5.41) is 5.49. The first-order valence-electron chi connectivity index (χ1n) is 11.8. The van der Waals surface area contributed by atoms with Gasteiger partial charge in [0.25, 0.3) is 0 Å². The van der Waals surface area contributed by atoms with Crippen molar-refractivity contribution < 1.29 is 22.7 Å². The Morgan fingerprint density at radius 2 is 1.86 bits per heavy atom. The zero-order valence-electron chi connectivity index (χ0n) is 20.7. The number of sulfone groups is 1. The van der Waals surface area contributed by atoms with Gasteiger partial charge in [-0.05, 0) is 67.3 Å². The van der Waals surface area contributed by atoms with E-state index in [0.717, 1.165) is 37.1 Å². The molecule has 0 spiro atoms. The molecular weight excluding hydrogens is 478 g/mol. The van der Waals surface area contributed by atoms with Crippen molar-refractivity contribution in [1.29, 1.82) is 0 Å². The van der Waals surface area contributed by atoms with E-state index < -0.39 is 21.8 Å². The van der Waals surface area contributed by atoms with Crippen LogP contribution in [0.3, 0.4) is 0 Å². The molecule has 1 heterocycles. The number of allylic oxidation sites excluding steroid dienone is 2. The molecule has 0 saturated carbocycles. The first-order valence-corrected chi connectivity index (χ1v) is 13.5. The van der Waals surface area contributed by atoms with E-state index in [1.54, 1.807) is 0 Å². The van der Waals surface area contributed by atoms with Crippen LogP contribution in [0, 0.1) is 0 Å². The quantitative estimate of drug-likeness (QED) is 0.543. The van der Waals surface area contributed by atoms with Gasteiger partial charge in [0.2, 0.25) is 0 Å². The fourth-order valence-electron chi connectivity index (χ4n) is 4.51. The van der Waals surface area contributed by atoms with Crippen LogP contribution in [0.15, 0.2) is 65.1 Å². The van der Waals surface area contributed by atoms with Crippen molar-refractivity contribution in [2.24, 2.45) is 0 Å². The summed E-state index contributed by atoms with van der Waals surface area (Å²) in [5.41, 5.74) is 4.15. The number of nitrogens with zero attached hydrogens (tertiary/aromatic N) is 1. The molecule has 0 saturated heterocycles. The number of carbonyl (C=O) groups is 2. The molecule has 2 N–H and O–H groups in total. The Balaban J connectivity index is 1.52. The number of rotatable bonds is 7. The van der Waals surface area contributed by atoms with Gasteiger partial charge in [0, 0.05) is 13.1 Å². The minimum Gasteiger partial charge on any atom is -0.465 e. The Kier molecular flexibility index (Phi) is 7.61. The molecule has 8 nitrogen and oxygen atoms in total. The van der Waals surface area contributed by atoms with Crippen LogP contribution in [0.5, 0.6) is 0 Å². The Labute approximate surface area is 211 Å². The first-order chi connectivity index (χ1) is 17.2. The summed E-state index contributed by atoms with van der Waals surface area (Å²) >= 11 is 0. The van der Waals surface area contributed by atoms with Gasteiger partial charge in [-0.3, -0.25) is 4.90 Å². The number of amides is 2. The van der Waals surface area contributed by atoms with Crippen LogP contribution in [0.4, 0.5) is 10.5 Å². The van der Waals surface area contributed by atoms with E-state index in [4.69, 9.17) is 4.74 Å². The summed E-state index contributed by atoms with van der Waals surface area (Å²) in [6.07, 6.45) is 8.01. The van der Waals surface area contributed by atoms with Gasteiger partial charge >= 0.3 is 12.0 Å². The minimum absolute atomic E-state index is 0.0164. The molecule has 2 aromatic rings. The second-order valence-electron chi connectivity index (χ2n) is 9.24. The summed E-state index contributed by atoms with van der Waals surface area (Å²) in [6, 6.07) is 9.06. The summed E-state index contributed by atoms with van der Waals surface area (Å²) < 4.78 is 31.3. The molecule has 1 aliphatic carbocycles. The Hall–Kier alpha value is -3.43. The summed E-state index contributed by atoms with van der Waals surface area (Å²) in [6.45, 7) is 3.50. The predicted octanol–water partition coefficient (Wildman–Crippen LogP) is 4.18. The van der Waals surface area contributed by atoms with Gasteiger partial charge in [-0.1, -0.05) is 36.4 Å². The average molecular weight is 510 g/mol. The molecule has 1 aliphatic heterocycles. The Morgan fingerprint density at radius 1 is 1.08 bits per heavy atom. The van der Waals surface area contributed by atoms with Crippen LogP contribution < -0.4 is 10.6 Å². The average Bonchev–Trinajstić information content (AvgIpc) is 3.23. The number of hydrogen-bond donors (Lipinski definition) is 2. The van der Waals surface area contributed by atoms with Crippen molar-refractivity contribution in [3.8, 4) is 0 Å². The van der Waals surface area contributed by atoms with Crippen molar-refractivity contribution in [1.82, 2.24) is 10.2 Å². The second-order valence-corrected chi connectivity index (χ2v) is 11.2. The number of fused-ring (bicyclic) bond motifs is 1. The van der Waals surface area contributed by atoms with Gasteiger partial charge in [0.15, 0.2) is 9.84 Å². The molecule has 190 valence electrons. The summed E-state index contributed by atoms with van der Waals surface area (Å²) in [7, 11) is -0.525. The number of ether oxygens (including phenoxy) is 1.